The Morgan fingerprint density at radius 1 is 0.963 bits per heavy atom. The molecule has 140 valence electrons. The van der Waals surface area contributed by atoms with Crippen molar-refractivity contribution >= 4 is 12.0 Å². The largest absolute Gasteiger partial charge is 0.497 e. The lowest BCUT2D eigenvalue weighted by molar-refractivity contribution is 0.400. The molecule has 0 bridgehead atoms. The second kappa shape index (κ2) is 7.48. The number of aromatic nitrogens is 4. The van der Waals surface area contributed by atoms with Crippen molar-refractivity contribution < 1.29 is 14.0 Å². The number of nitrogens with zero attached hydrogens (tertiary/aromatic N) is 6. The average molecular weight is 368 g/mol. The molecule has 1 aromatic carbocycles. The number of methoxy groups -OCH3 is 2. The number of benzene rings is 1. The van der Waals surface area contributed by atoms with Crippen LogP contribution in [-0.2, 0) is 0 Å². The summed E-state index contributed by atoms with van der Waals surface area (Å²) in [6, 6.07) is 7.78. The van der Waals surface area contributed by atoms with Gasteiger partial charge in [0.05, 0.1) is 19.8 Å². The number of piperazine rings is 1. The quantitative estimate of drug-likeness (QED) is 0.669. The van der Waals surface area contributed by atoms with E-state index in [4.69, 9.17) is 14.0 Å². The first-order valence-corrected chi connectivity index (χ1v) is 8.61. The van der Waals surface area contributed by atoms with E-state index in [1.165, 1.54) is 0 Å². The number of hydrogen-bond acceptors (Lipinski definition) is 9. The van der Waals surface area contributed by atoms with Gasteiger partial charge in [0.25, 0.3) is 0 Å². The van der Waals surface area contributed by atoms with E-state index < -0.39 is 0 Å². The van der Waals surface area contributed by atoms with Crippen LogP contribution in [0.4, 0.5) is 12.0 Å². The highest BCUT2D eigenvalue weighted by Crippen LogP contribution is 2.32. The Bertz CT molecular complexity index is 893. The molecular weight excluding hydrogens is 348 g/mol. The van der Waals surface area contributed by atoms with E-state index in [1.54, 1.807) is 26.6 Å². The molecule has 1 aliphatic rings. The van der Waals surface area contributed by atoms with Gasteiger partial charge in [0, 0.05) is 38.6 Å². The van der Waals surface area contributed by atoms with E-state index in [-0.39, 0.29) is 0 Å². The van der Waals surface area contributed by atoms with Gasteiger partial charge in [0.1, 0.15) is 11.5 Å². The molecule has 0 amide bonds. The lowest BCUT2D eigenvalue weighted by Crippen LogP contribution is -2.47. The summed E-state index contributed by atoms with van der Waals surface area (Å²) in [6.45, 7) is 3.05. The van der Waals surface area contributed by atoms with Crippen LogP contribution < -0.4 is 19.3 Å². The summed E-state index contributed by atoms with van der Waals surface area (Å²) in [6.07, 6.45) is 3.50. The molecule has 0 radical (unpaired) electrons. The molecule has 0 unspecified atom stereocenters. The fraction of sp³-hybridized carbons (Fsp3) is 0.333. The van der Waals surface area contributed by atoms with Crippen LogP contribution >= 0.6 is 0 Å². The van der Waals surface area contributed by atoms with Crippen LogP contribution in [0, 0.1) is 0 Å². The van der Waals surface area contributed by atoms with Crippen molar-refractivity contribution in [1.29, 1.82) is 0 Å². The maximum atomic E-state index is 5.49. The Hall–Kier alpha value is -3.36. The van der Waals surface area contributed by atoms with Crippen LogP contribution in [0.1, 0.15) is 0 Å². The first-order chi connectivity index (χ1) is 13.3. The van der Waals surface area contributed by atoms with Crippen molar-refractivity contribution in [3.63, 3.8) is 0 Å². The van der Waals surface area contributed by atoms with Crippen molar-refractivity contribution in [1.82, 2.24) is 20.1 Å². The maximum Gasteiger partial charge on any atom is 0.324 e. The van der Waals surface area contributed by atoms with E-state index in [0.29, 0.717) is 23.3 Å². The molecule has 3 heterocycles. The molecule has 4 rings (SSSR count). The lowest BCUT2D eigenvalue weighted by atomic mass is 10.2. The topological polar surface area (TPSA) is 89.6 Å². The van der Waals surface area contributed by atoms with Crippen LogP contribution in [0.15, 0.2) is 41.2 Å². The second-order valence-corrected chi connectivity index (χ2v) is 5.99. The van der Waals surface area contributed by atoms with Gasteiger partial charge in [-0.3, -0.25) is 0 Å². The zero-order chi connectivity index (χ0) is 18.6. The van der Waals surface area contributed by atoms with E-state index >= 15 is 0 Å². The van der Waals surface area contributed by atoms with Gasteiger partial charge >= 0.3 is 6.01 Å². The minimum Gasteiger partial charge on any atom is -0.497 e. The Morgan fingerprint density at radius 3 is 2.41 bits per heavy atom. The van der Waals surface area contributed by atoms with E-state index in [2.05, 4.69) is 29.9 Å². The molecule has 1 aliphatic heterocycles. The summed E-state index contributed by atoms with van der Waals surface area (Å²) in [5.74, 6) is 2.57. The minimum absolute atomic E-state index is 0.467. The van der Waals surface area contributed by atoms with Gasteiger partial charge in [-0.2, -0.15) is 4.98 Å². The molecule has 1 saturated heterocycles. The third-order valence-electron chi connectivity index (χ3n) is 4.45. The summed E-state index contributed by atoms with van der Waals surface area (Å²) in [5, 5.41) is 4.12. The van der Waals surface area contributed by atoms with Crippen LogP contribution in [0.3, 0.4) is 0 Å². The monoisotopic (exact) mass is 368 g/mol. The molecule has 2 aromatic heterocycles. The highest BCUT2D eigenvalue weighted by molar-refractivity contribution is 5.66. The molecule has 9 heteroatoms. The third kappa shape index (κ3) is 3.48. The van der Waals surface area contributed by atoms with Crippen molar-refractivity contribution in [2.75, 3.05) is 50.2 Å². The number of ether oxygens (including phenoxy) is 2. The van der Waals surface area contributed by atoms with Crippen LogP contribution in [0.25, 0.3) is 11.4 Å². The summed E-state index contributed by atoms with van der Waals surface area (Å²) in [5.41, 5.74) is 0.725. The molecule has 27 heavy (non-hydrogen) atoms. The van der Waals surface area contributed by atoms with E-state index in [0.717, 1.165) is 37.7 Å². The minimum atomic E-state index is 0.467. The standard InChI is InChI=1S/C18H20N6O3/c1-25-13-4-5-15(26-2)14(12-13)16-21-18(27-22-16)24-10-8-23(9-11-24)17-19-6-3-7-20-17/h3-7,12H,8-11H2,1-2H3. The molecular formula is C18H20N6O3. The number of hydrogen-bond donors (Lipinski definition) is 0. The molecule has 0 spiro atoms. The zero-order valence-corrected chi connectivity index (χ0v) is 15.2. The van der Waals surface area contributed by atoms with Crippen molar-refractivity contribution in [2.24, 2.45) is 0 Å². The zero-order valence-electron chi connectivity index (χ0n) is 15.2. The molecule has 3 aromatic rings. The van der Waals surface area contributed by atoms with Crippen LogP contribution in [0.2, 0.25) is 0 Å². The van der Waals surface area contributed by atoms with Gasteiger partial charge in [-0.15, -0.1) is 0 Å². The molecule has 0 saturated carbocycles. The van der Waals surface area contributed by atoms with Crippen molar-refractivity contribution in [3.8, 4) is 22.9 Å². The Balaban J connectivity index is 1.49. The Labute approximate surface area is 156 Å². The number of anilines is 2. The first-order valence-electron chi connectivity index (χ1n) is 8.61. The molecule has 0 atom stereocenters. The molecule has 9 nitrogen and oxygen atoms in total. The summed E-state index contributed by atoms with van der Waals surface area (Å²) in [7, 11) is 3.22. The van der Waals surface area contributed by atoms with Gasteiger partial charge in [-0.1, -0.05) is 5.16 Å². The maximum absolute atomic E-state index is 5.49. The predicted molar refractivity (Wildman–Crippen MR) is 99.3 cm³/mol. The Kier molecular flexibility index (Phi) is 4.73. The first kappa shape index (κ1) is 17.1. The predicted octanol–water partition coefficient (Wildman–Crippen LogP) is 1.87. The van der Waals surface area contributed by atoms with Gasteiger partial charge in [-0.25, -0.2) is 9.97 Å². The summed E-state index contributed by atoms with van der Waals surface area (Å²) >= 11 is 0. The Morgan fingerprint density at radius 2 is 1.70 bits per heavy atom. The SMILES string of the molecule is COc1ccc(OC)c(-c2noc(N3CCN(c4ncccn4)CC3)n2)c1. The normalized spacial score (nSPS) is 14.3. The highest BCUT2D eigenvalue weighted by atomic mass is 16.5. The molecule has 0 aliphatic carbocycles. The summed E-state index contributed by atoms with van der Waals surface area (Å²) in [4.78, 5) is 17.3. The number of rotatable bonds is 5. The fourth-order valence-corrected chi connectivity index (χ4v) is 2.99. The summed E-state index contributed by atoms with van der Waals surface area (Å²) < 4.78 is 16.2. The van der Waals surface area contributed by atoms with Gasteiger partial charge < -0.3 is 23.8 Å². The van der Waals surface area contributed by atoms with Crippen LogP contribution in [0.5, 0.6) is 11.5 Å². The second-order valence-electron chi connectivity index (χ2n) is 5.99. The van der Waals surface area contributed by atoms with Gasteiger partial charge in [-0.05, 0) is 24.3 Å². The highest BCUT2D eigenvalue weighted by Gasteiger charge is 2.24. The fourth-order valence-electron chi connectivity index (χ4n) is 2.99. The van der Waals surface area contributed by atoms with Gasteiger partial charge in [0.2, 0.25) is 11.8 Å². The smallest absolute Gasteiger partial charge is 0.324 e. The van der Waals surface area contributed by atoms with E-state index in [9.17, 15) is 0 Å². The average Bonchev–Trinajstić information content (AvgIpc) is 3.24. The molecule has 0 N–H and O–H groups in total. The molecule has 1 fully saturated rings. The van der Waals surface area contributed by atoms with Gasteiger partial charge in [0.15, 0.2) is 0 Å². The lowest BCUT2D eigenvalue weighted by Gasteiger charge is -2.33. The van der Waals surface area contributed by atoms with Crippen molar-refractivity contribution in [3.05, 3.63) is 36.7 Å². The van der Waals surface area contributed by atoms with E-state index in [1.807, 2.05) is 24.3 Å². The third-order valence-corrected chi connectivity index (χ3v) is 4.45. The van der Waals surface area contributed by atoms with Crippen molar-refractivity contribution in [2.45, 2.75) is 0 Å². The van der Waals surface area contributed by atoms with Crippen LogP contribution in [-0.4, -0.2) is 60.5 Å².